The van der Waals surface area contributed by atoms with Crippen LogP contribution in [0.3, 0.4) is 0 Å². The van der Waals surface area contributed by atoms with Gasteiger partial charge in [0.25, 0.3) is 0 Å². The Morgan fingerprint density at radius 2 is 1.52 bits per heavy atom. The summed E-state index contributed by atoms with van der Waals surface area (Å²) in [4.78, 5) is 21.9. The third kappa shape index (κ3) is 13.6. The molecule has 0 saturated carbocycles. The lowest BCUT2D eigenvalue weighted by Gasteiger charge is -2.10. The highest BCUT2D eigenvalue weighted by Gasteiger charge is 2.10. The number of carbonyl (C=O) groups is 2. The highest BCUT2D eigenvalue weighted by Crippen LogP contribution is 2.09. The molecule has 0 aromatic carbocycles. The minimum Gasteiger partial charge on any atom is -0.481 e. The number of carbonyl (C=O) groups excluding carboxylic acids is 1. The van der Waals surface area contributed by atoms with E-state index in [2.05, 4.69) is 5.32 Å². The van der Waals surface area contributed by atoms with Crippen LogP contribution in [0.25, 0.3) is 0 Å². The maximum atomic E-state index is 11.6. The van der Waals surface area contributed by atoms with Crippen LogP contribution < -0.4 is 11.1 Å². The Balaban J connectivity index is 3.22. The lowest BCUT2D eigenvalue weighted by Crippen LogP contribution is -2.31. The molecule has 0 aliphatic carbocycles. The normalized spacial score (nSPS) is 12.1. The predicted octanol–water partition coefficient (Wildman–Crippen LogP) is 2.68. The zero-order valence-corrected chi connectivity index (χ0v) is 13.4. The summed E-state index contributed by atoms with van der Waals surface area (Å²) in [6.45, 7) is 3.22. The van der Waals surface area contributed by atoms with E-state index in [1.807, 2.05) is 6.92 Å². The van der Waals surface area contributed by atoms with Crippen LogP contribution in [0, 0.1) is 5.92 Å². The molecular weight excluding hydrogens is 268 g/mol. The van der Waals surface area contributed by atoms with Gasteiger partial charge in [0.05, 0.1) is 0 Å². The fourth-order valence-corrected chi connectivity index (χ4v) is 2.23. The molecule has 0 bridgehead atoms. The van der Waals surface area contributed by atoms with E-state index in [-0.39, 0.29) is 11.8 Å². The van der Waals surface area contributed by atoms with Gasteiger partial charge in [-0.25, -0.2) is 0 Å². The molecule has 4 N–H and O–H groups in total. The maximum absolute atomic E-state index is 11.6. The van der Waals surface area contributed by atoms with Crippen LogP contribution in [0.5, 0.6) is 0 Å². The number of nitrogens with two attached hydrogens (primary N) is 1. The van der Waals surface area contributed by atoms with Gasteiger partial charge in [0.15, 0.2) is 0 Å². The Labute approximate surface area is 128 Å². The zero-order valence-electron chi connectivity index (χ0n) is 13.4. The van der Waals surface area contributed by atoms with Gasteiger partial charge in [0.1, 0.15) is 0 Å². The lowest BCUT2D eigenvalue weighted by atomic mass is 10.1. The van der Waals surface area contributed by atoms with E-state index in [9.17, 15) is 9.59 Å². The summed E-state index contributed by atoms with van der Waals surface area (Å²) >= 11 is 0. The first kappa shape index (κ1) is 19.9. The molecule has 124 valence electrons. The fraction of sp³-hybridized carbons (Fsp3) is 0.875. The summed E-state index contributed by atoms with van der Waals surface area (Å²) in [6.07, 6.45) is 9.71. The van der Waals surface area contributed by atoms with E-state index in [1.165, 1.54) is 19.3 Å². The van der Waals surface area contributed by atoms with Crippen LogP contribution in [-0.4, -0.2) is 30.1 Å². The smallest absolute Gasteiger partial charge is 0.303 e. The van der Waals surface area contributed by atoms with Crippen molar-refractivity contribution >= 4 is 11.9 Å². The molecule has 5 heteroatoms. The summed E-state index contributed by atoms with van der Waals surface area (Å²) < 4.78 is 0. The van der Waals surface area contributed by atoms with Gasteiger partial charge in [-0.15, -0.1) is 0 Å². The molecule has 0 heterocycles. The number of amides is 1. The Morgan fingerprint density at radius 1 is 1.00 bits per heavy atom. The number of nitrogens with one attached hydrogen (secondary N) is 1. The van der Waals surface area contributed by atoms with Crippen molar-refractivity contribution in [3.8, 4) is 0 Å². The summed E-state index contributed by atoms with van der Waals surface area (Å²) in [5, 5.41) is 11.5. The van der Waals surface area contributed by atoms with E-state index >= 15 is 0 Å². The molecule has 21 heavy (non-hydrogen) atoms. The van der Waals surface area contributed by atoms with E-state index < -0.39 is 5.97 Å². The van der Waals surface area contributed by atoms with Gasteiger partial charge in [-0.1, -0.05) is 45.4 Å². The molecule has 0 aromatic rings. The average Bonchev–Trinajstić information content (AvgIpc) is 2.44. The first-order valence-corrected chi connectivity index (χ1v) is 8.27. The summed E-state index contributed by atoms with van der Waals surface area (Å²) in [7, 11) is 0. The minimum atomic E-state index is -0.696. The maximum Gasteiger partial charge on any atom is 0.303 e. The molecule has 0 aliphatic rings. The van der Waals surface area contributed by atoms with Crippen molar-refractivity contribution in [2.75, 3.05) is 13.1 Å². The molecule has 1 atom stereocenters. The number of rotatable bonds is 14. The van der Waals surface area contributed by atoms with Crippen molar-refractivity contribution in [1.29, 1.82) is 0 Å². The molecule has 1 amide bonds. The van der Waals surface area contributed by atoms with Gasteiger partial charge >= 0.3 is 5.97 Å². The predicted molar refractivity (Wildman–Crippen MR) is 85.0 cm³/mol. The molecular formula is C16H32N2O3. The van der Waals surface area contributed by atoms with Gasteiger partial charge in [-0.2, -0.15) is 0 Å². The SMILES string of the molecule is C[C@@H](CCN)C(=O)NCCCCCCCCCCC(=O)O. The molecule has 0 radical (unpaired) electrons. The van der Waals surface area contributed by atoms with Crippen LogP contribution in [0.1, 0.15) is 71.1 Å². The van der Waals surface area contributed by atoms with E-state index in [0.717, 1.165) is 45.1 Å². The zero-order chi connectivity index (χ0) is 15.9. The molecule has 0 fully saturated rings. The van der Waals surface area contributed by atoms with Crippen LogP contribution in [0.15, 0.2) is 0 Å². The van der Waals surface area contributed by atoms with Crippen molar-refractivity contribution in [3.05, 3.63) is 0 Å². The quantitative estimate of drug-likeness (QED) is 0.430. The highest BCUT2D eigenvalue weighted by atomic mass is 16.4. The largest absolute Gasteiger partial charge is 0.481 e. The Hall–Kier alpha value is -1.10. The summed E-state index contributed by atoms with van der Waals surface area (Å²) in [6, 6.07) is 0. The van der Waals surface area contributed by atoms with E-state index in [1.54, 1.807) is 0 Å². The Morgan fingerprint density at radius 3 is 2.05 bits per heavy atom. The van der Waals surface area contributed by atoms with Gasteiger partial charge in [-0.3, -0.25) is 9.59 Å². The van der Waals surface area contributed by atoms with Crippen molar-refractivity contribution in [3.63, 3.8) is 0 Å². The molecule has 0 saturated heterocycles. The molecule has 0 rings (SSSR count). The highest BCUT2D eigenvalue weighted by molar-refractivity contribution is 5.78. The summed E-state index contributed by atoms with van der Waals surface area (Å²) in [5.41, 5.74) is 5.43. The first-order valence-electron chi connectivity index (χ1n) is 8.27. The first-order chi connectivity index (χ1) is 10.1. The second kappa shape index (κ2) is 13.9. The molecule has 0 aliphatic heterocycles. The van der Waals surface area contributed by atoms with Crippen LogP contribution in [0.2, 0.25) is 0 Å². The topological polar surface area (TPSA) is 92.4 Å². The van der Waals surface area contributed by atoms with Gasteiger partial charge in [0, 0.05) is 18.9 Å². The van der Waals surface area contributed by atoms with Crippen LogP contribution in [0.4, 0.5) is 0 Å². The second-order valence-corrected chi connectivity index (χ2v) is 5.74. The second-order valence-electron chi connectivity index (χ2n) is 5.74. The van der Waals surface area contributed by atoms with Gasteiger partial charge in [-0.05, 0) is 25.8 Å². The number of hydrogen-bond donors (Lipinski definition) is 3. The van der Waals surface area contributed by atoms with Crippen LogP contribution in [-0.2, 0) is 9.59 Å². The molecule has 0 spiro atoms. The monoisotopic (exact) mass is 300 g/mol. The minimum absolute atomic E-state index is 0.0146. The summed E-state index contributed by atoms with van der Waals surface area (Å²) in [5.74, 6) is -0.572. The van der Waals surface area contributed by atoms with Crippen LogP contribution >= 0.6 is 0 Å². The third-order valence-corrected chi connectivity index (χ3v) is 3.66. The van der Waals surface area contributed by atoms with Crippen molar-refractivity contribution in [2.24, 2.45) is 11.7 Å². The van der Waals surface area contributed by atoms with E-state index in [0.29, 0.717) is 13.0 Å². The Kier molecular flexibility index (Phi) is 13.1. The Bertz CT molecular complexity index is 283. The van der Waals surface area contributed by atoms with Gasteiger partial charge < -0.3 is 16.2 Å². The van der Waals surface area contributed by atoms with Crippen molar-refractivity contribution in [2.45, 2.75) is 71.1 Å². The number of carboxylic acids is 1. The fourth-order valence-electron chi connectivity index (χ4n) is 2.23. The average molecular weight is 300 g/mol. The number of aliphatic carboxylic acids is 1. The third-order valence-electron chi connectivity index (χ3n) is 3.66. The standard InChI is InChI=1S/C16H32N2O3/c1-14(11-12-17)16(21)18-13-9-7-5-3-2-4-6-8-10-15(19)20/h14H,2-13,17H2,1H3,(H,18,21)(H,19,20)/t14-/m0/s1. The van der Waals surface area contributed by atoms with Gasteiger partial charge in [0.2, 0.25) is 5.91 Å². The molecule has 0 unspecified atom stereocenters. The van der Waals surface area contributed by atoms with E-state index in [4.69, 9.17) is 10.8 Å². The lowest BCUT2D eigenvalue weighted by molar-refractivity contribution is -0.137. The van der Waals surface area contributed by atoms with Crippen molar-refractivity contribution < 1.29 is 14.7 Å². The number of carboxylic acid groups (broad SMARTS) is 1. The molecule has 0 aromatic heterocycles. The number of hydrogen-bond acceptors (Lipinski definition) is 3. The number of unbranched alkanes of at least 4 members (excludes halogenated alkanes) is 7. The molecule has 5 nitrogen and oxygen atoms in total. The van der Waals surface area contributed by atoms with Crippen molar-refractivity contribution in [1.82, 2.24) is 5.32 Å².